The number of amides is 1. The summed E-state index contributed by atoms with van der Waals surface area (Å²) in [7, 11) is 2.02. The predicted octanol–water partition coefficient (Wildman–Crippen LogP) is -0.688. The van der Waals surface area contributed by atoms with Crippen LogP contribution < -0.4 is 5.73 Å². The Bertz CT molecular complexity index is 540. The Morgan fingerprint density at radius 1 is 1.30 bits per heavy atom. The van der Waals surface area contributed by atoms with Crippen molar-refractivity contribution in [2.45, 2.75) is 25.3 Å². The van der Waals surface area contributed by atoms with Crippen molar-refractivity contribution in [1.82, 2.24) is 24.6 Å². The lowest BCUT2D eigenvalue weighted by molar-refractivity contribution is -0.130. The van der Waals surface area contributed by atoms with Crippen LogP contribution in [0.1, 0.15) is 30.4 Å². The highest BCUT2D eigenvalue weighted by Crippen LogP contribution is 2.26. The summed E-state index contributed by atoms with van der Waals surface area (Å²) in [5.74, 6) is 2.22. The third-order valence-corrected chi connectivity index (χ3v) is 4.78. The van der Waals surface area contributed by atoms with Crippen molar-refractivity contribution in [3.63, 3.8) is 0 Å². The van der Waals surface area contributed by atoms with Crippen molar-refractivity contribution < 1.29 is 9.53 Å². The van der Waals surface area contributed by atoms with Crippen molar-refractivity contribution in [2.24, 2.45) is 12.8 Å². The molecule has 1 aromatic heterocycles. The highest BCUT2D eigenvalue weighted by molar-refractivity contribution is 5.78. The summed E-state index contributed by atoms with van der Waals surface area (Å²) in [6.45, 7) is 5.80. The van der Waals surface area contributed by atoms with Crippen molar-refractivity contribution in [3.05, 3.63) is 11.6 Å². The number of nitrogens with zero attached hydrogens (tertiary/aromatic N) is 5. The molecule has 0 radical (unpaired) electrons. The minimum atomic E-state index is 0.0189. The van der Waals surface area contributed by atoms with E-state index in [2.05, 4.69) is 19.7 Å². The molecular formula is C15H26N6O2. The fourth-order valence-electron chi connectivity index (χ4n) is 3.37. The predicted molar refractivity (Wildman–Crippen MR) is 84.7 cm³/mol. The van der Waals surface area contributed by atoms with Crippen molar-refractivity contribution in [2.75, 3.05) is 45.9 Å². The first-order chi connectivity index (χ1) is 11.2. The Kier molecular flexibility index (Phi) is 5.24. The van der Waals surface area contributed by atoms with Crippen LogP contribution in [-0.2, 0) is 23.1 Å². The number of nitrogens with two attached hydrogens (primary N) is 1. The number of aromatic nitrogens is 3. The number of carbonyl (C=O) groups excluding carboxylic acids is 1. The van der Waals surface area contributed by atoms with Crippen molar-refractivity contribution in [1.29, 1.82) is 0 Å². The second kappa shape index (κ2) is 7.37. The third-order valence-electron chi connectivity index (χ3n) is 4.78. The fourth-order valence-corrected chi connectivity index (χ4v) is 3.37. The van der Waals surface area contributed by atoms with Crippen LogP contribution in [0.15, 0.2) is 0 Å². The van der Waals surface area contributed by atoms with Crippen LogP contribution in [-0.4, -0.2) is 76.4 Å². The zero-order valence-electron chi connectivity index (χ0n) is 13.8. The number of likely N-dealkylation sites (tertiary alicyclic amines) is 1. The smallest absolute Gasteiger partial charge is 0.236 e. The summed E-state index contributed by atoms with van der Waals surface area (Å²) < 4.78 is 7.47. The minimum absolute atomic E-state index is 0.0189. The van der Waals surface area contributed by atoms with Gasteiger partial charge in [-0.3, -0.25) is 9.69 Å². The lowest BCUT2D eigenvalue weighted by Gasteiger charge is -2.32. The first-order valence-electron chi connectivity index (χ1n) is 8.35. The van der Waals surface area contributed by atoms with Crippen LogP contribution in [0.4, 0.5) is 0 Å². The van der Waals surface area contributed by atoms with E-state index >= 15 is 0 Å². The molecule has 1 aromatic rings. The second-order valence-electron chi connectivity index (χ2n) is 6.30. The van der Waals surface area contributed by atoms with E-state index in [1.165, 1.54) is 0 Å². The summed E-state index contributed by atoms with van der Waals surface area (Å²) in [6.07, 6.45) is 2.03. The number of hydrogen-bond acceptors (Lipinski definition) is 6. The van der Waals surface area contributed by atoms with Crippen LogP contribution >= 0.6 is 0 Å². The molecule has 2 aliphatic rings. The van der Waals surface area contributed by atoms with Gasteiger partial charge in [0.15, 0.2) is 0 Å². The summed E-state index contributed by atoms with van der Waals surface area (Å²) in [5, 5.41) is 8.79. The van der Waals surface area contributed by atoms with Gasteiger partial charge in [0.2, 0.25) is 5.91 Å². The average molecular weight is 322 g/mol. The molecule has 3 rings (SSSR count). The molecule has 2 N–H and O–H groups in total. The summed E-state index contributed by atoms with van der Waals surface area (Å²) in [6, 6.07) is 0. The van der Waals surface area contributed by atoms with Gasteiger partial charge in [0.1, 0.15) is 11.6 Å². The first kappa shape index (κ1) is 16.4. The largest absolute Gasteiger partial charge is 0.379 e. The number of morpholine rings is 1. The molecule has 0 aliphatic carbocycles. The zero-order chi connectivity index (χ0) is 16.2. The Morgan fingerprint density at radius 2 is 2.09 bits per heavy atom. The number of rotatable bonds is 4. The van der Waals surface area contributed by atoms with Gasteiger partial charge < -0.3 is 19.9 Å². The van der Waals surface area contributed by atoms with Gasteiger partial charge in [-0.2, -0.15) is 0 Å². The van der Waals surface area contributed by atoms with E-state index in [1.807, 2.05) is 11.9 Å². The molecule has 1 unspecified atom stereocenters. The van der Waals surface area contributed by atoms with E-state index in [-0.39, 0.29) is 18.4 Å². The standard InChI is InChI=1S/C15H26N6O2/c1-19-13(11-20-5-7-23-8-6-20)17-18-15(19)12-3-2-4-21(10-12)14(22)9-16/h12H,2-11,16H2,1H3. The lowest BCUT2D eigenvalue weighted by Crippen LogP contribution is -2.42. The molecule has 2 fully saturated rings. The van der Waals surface area contributed by atoms with Crippen LogP contribution in [0.3, 0.4) is 0 Å². The molecular weight excluding hydrogens is 296 g/mol. The highest BCUT2D eigenvalue weighted by atomic mass is 16.5. The van der Waals surface area contributed by atoms with Gasteiger partial charge in [-0.25, -0.2) is 0 Å². The molecule has 0 spiro atoms. The van der Waals surface area contributed by atoms with Crippen LogP contribution in [0.25, 0.3) is 0 Å². The normalized spacial score (nSPS) is 23.2. The molecule has 0 aromatic carbocycles. The van der Waals surface area contributed by atoms with E-state index in [1.54, 1.807) is 0 Å². The van der Waals surface area contributed by atoms with E-state index in [9.17, 15) is 4.79 Å². The van der Waals surface area contributed by atoms with Gasteiger partial charge in [-0.1, -0.05) is 0 Å². The van der Waals surface area contributed by atoms with E-state index in [0.29, 0.717) is 6.54 Å². The maximum atomic E-state index is 11.8. The Balaban J connectivity index is 1.67. The monoisotopic (exact) mass is 322 g/mol. The van der Waals surface area contributed by atoms with Gasteiger partial charge in [-0.05, 0) is 12.8 Å². The molecule has 8 heteroatoms. The quantitative estimate of drug-likeness (QED) is 0.789. The molecule has 3 heterocycles. The van der Waals surface area contributed by atoms with E-state index < -0.39 is 0 Å². The summed E-state index contributed by atoms with van der Waals surface area (Å²) >= 11 is 0. The maximum Gasteiger partial charge on any atom is 0.236 e. The summed E-state index contributed by atoms with van der Waals surface area (Å²) in [5.41, 5.74) is 5.49. The lowest BCUT2D eigenvalue weighted by atomic mass is 9.97. The molecule has 23 heavy (non-hydrogen) atoms. The number of ether oxygens (including phenoxy) is 1. The molecule has 0 saturated carbocycles. The average Bonchev–Trinajstić information content (AvgIpc) is 2.96. The molecule has 128 valence electrons. The van der Waals surface area contributed by atoms with Gasteiger partial charge in [-0.15, -0.1) is 10.2 Å². The molecule has 1 amide bonds. The molecule has 8 nitrogen and oxygen atoms in total. The van der Waals surface area contributed by atoms with Gasteiger partial charge >= 0.3 is 0 Å². The third kappa shape index (κ3) is 3.70. The topological polar surface area (TPSA) is 89.5 Å². The highest BCUT2D eigenvalue weighted by Gasteiger charge is 2.28. The fraction of sp³-hybridized carbons (Fsp3) is 0.800. The van der Waals surface area contributed by atoms with Crippen molar-refractivity contribution in [3.8, 4) is 0 Å². The minimum Gasteiger partial charge on any atom is -0.379 e. The molecule has 2 saturated heterocycles. The molecule has 2 aliphatic heterocycles. The number of hydrogen-bond donors (Lipinski definition) is 1. The Labute approximate surface area is 136 Å². The van der Waals surface area contributed by atoms with Gasteiger partial charge in [0.05, 0.1) is 26.3 Å². The Morgan fingerprint density at radius 3 is 2.83 bits per heavy atom. The van der Waals surface area contributed by atoms with Crippen LogP contribution in [0.2, 0.25) is 0 Å². The maximum absolute atomic E-state index is 11.8. The van der Waals surface area contributed by atoms with Gasteiger partial charge in [0.25, 0.3) is 0 Å². The molecule has 0 bridgehead atoms. The number of carbonyl (C=O) groups is 1. The van der Waals surface area contributed by atoms with E-state index in [0.717, 1.165) is 63.9 Å². The van der Waals surface area contributed by atoms with E-state index in [4.69, 9.17) is 10.5 Å². The summed E-state index contributed by atoms with van der Waals surface area (Å²) in [4.78, 5) is 16.0. The van der Waals surface area contributed by atoms with Crippen LogP contribution in [0.5, 0.6) is 0 Å². The Hall–Kier alpha value is -1.51. The SMILES string of the molecule is Cn1c(CN2CCOCC2)nnc1C1CCCN(C(=O)CN)C1. The first-order valence-corrected chi connectivity index (χ1v) is 8.35. The molecule has 1 atom stereocenters. The van der Waals surface area contributed by atoms with Gasteiger partial charge in [0, 0.05) is 39.1 Å². The second-order valence-corrected chi connectivity index (χ2v) is 6.30. The number of piperidine rings is 1. The zero-order valence-corrected chi connectivity index (χ0v) is 13.8. The van der Waals surface area contributed by atoms with Crippen molar-refractivity contribution >= 4 is 5.91 Å². The van der Waals surface area contributed by atoms with Crippen LogP contribution in [0, 0.1) is 0 Å².